The topological polar surface area (TPSA) is 98.3 Å². The Bertz CT molecular complexity index is 408. The first-order valence-corrected chi connectivity index (χ1v) is 6.46. The molecule has 0 spiro atoms. The molecule has 0 aliphatic carbocycles. The van der Waals surface area contributed by atoms with E-state index in [1.54, 1.807) is 12.1 Å². The molecule has 7 heteroatoms. The molecular formula is C11H15N3O3S. The predicted molar refractivity (Wildman–Crippen MR) is 70.5 cm³/mol. The number of hydrogen-bond donors (Lipinski definition) is 2. The second kappa shape index (κ2) is 7.67. The molecule has 6 nitrogen and oxygen atoms in total. The van der Waals surface area contributed by atoms with E-state index in [0.717, 1.165) is 11.3 Å². The van der Waals surface area contributed by atoms with Crippen molar-refractivity contribution in [1.82, 2.24) is 5.32 Å². The van der Waals surface area contributed by atoms with Gasteiger partial charge in [0.2, 0.25) is 5.91 Å². The molecule has 98 valence electrons. The molecule has 0 saturated carbocycles. The third-order valence-electron chi connectivity index (χ3n) is 2.12. The van der Waals surface area contributed by atoms with Gasteiger partial charge in [-0.15, -0.1) is 11.8 Å². The number of thioether (sulfide) groups is 1. The largest absolute Gasteiger partial charge is 0.355 e. The van der Waals surface area contributed by atoms with E-state index in [0.29, 0.717) is 18.8 Å². The van der Waals surface area contributed by atoms with Crippen LogP contribution in [0.3, 0.4) is 0 Å². The number of carbonyl (C=O) groups is 1. The Kier molecular flexibility index (Phi) is 6.16. The van der Waals surface area contributed by atoms with E-state index in [-0.39, 0.29) is 11.6 Å². The average molecular weight is 269 g/mol. The van der Waals surface area contributed by atoms with Crippen LogP contribution in [0, 0.1) is 10.1 Å². The van der Waals surface area contributed by atoms with Gasteiger partial charge < -0.3 is 11.1 Å². The van der Waals surface area contributed by atoms with Gasteiger partial charge in [-0.2, -0.15) is 0 Å². The summed E-state index contributed by atoms with van der Waals surface area (Å²) in [6, 6.07) is 6.12. The molecule has 0 radical (unpaired) electrons. The van der Waals surface area contributed by atoms with Crippen molar-refractivity contribution in [3.8, 4) is 0 Å². The standard InChI is InChI=1S/C11H15N3O3S/c12-6-1-7-13-11(15)8-18-10-4-2-9(3-5-10)14(16)17/h2-5H,1,6-8,12H2,(H,13,15). The highest BCUT2D eigenvalue weighted by Gasteiger charge is 2.06. The number of amides is 1. The number of nitro benzene ring substituents is 1. The van der Waals surface area contributed by atoms with Crippen LogP contribution in [-0.4, -0.2) is 29.7 Å². The van der Waals surface area contributed by atoms with Crippen molar-refractivity contribution in [3.05, 3.63) is 34.4 Å². The zero-order chi connectivity index (χ0) is 13.4. The van der Waals surface area contributed by atoms with Crippen LogP contribution in [-0.2, 0) is 4.79 Å². The summed E-state index contributed by atoms with van der Waals surface area (Å²) in [6.07, 6.45) is 0.758. The summed E-state index contributed by atoms with van der Waals surface area (Å²) in [5, 5.41) is 13.2. The summed E-state index contributed by atoms with van der Waals surface area (Å²) < 4.78 is 0. The van der Waals surface area contributed by atoms with Gasteiger partial charge in [-0.3, -0.25) is 14.9 Å². The van der Waals surface area contributed by atoms with E-state index < -0.39 is 4.92 Å². The SMILES string of the molecule is NCCCNC(=O)CSc1ccc([N+](=O)[O-])cc1. The Morgan fingerprint density at radius 1 is 1.39 bits per heavy atom. The first-order valence-electron chi connectivity index (χ1n) is 5.47. The minimum Gasteiger partial charge on any atom is -0.355 e. The smallest absolute Gasteiger partial charge is 0.269 e. The van der Waals surface area contributed by atoms with Gasteiger partial charge in [0.15, 0.2) is 0 Å². The highest BCUT2D eigenvalue weighted by atomic mass is 32.2. The summed E-state index contributed by atoms with van der Waals surface area (Å²) in [5.74, 6) is 0.231. The van der Waals surface area contributed by atoms with Crippen LogP contribution in [0.15, 0.2) is 29.2 Å². The highest BCUT2D eigenvalue weighted by Crippen LogP contribution is 2.20. The Hall–Kier alpha value is -1.60. The fourth-order valence-electron chi connectivity index (χ4n) is 1.19. The molecule has 3 N–H and O–H groups in total. The second-order valence-electron chi connectivity index (χ2n) is 3.53. The van der Waals surface area contributed by atoms with Crippen LogP contribution in [0.5, 0.6) is 0 Å². The molecule has 0 bridgehead atoms. The zero-order valence-corrected chi connectivity index (χ0v) is 10.6. The maximum absolute atomic E-state index is 11.4. The van der Waals surface area contributed by atoms with Crippen molar-refractivity contribution in [2.45, 2.75) is 11.3 Å². The Balaban J connectivity index is 2.34. The molecule has 0 heterocycles. The summed E-state index contributed by atoms with van der Waals surface area (Å²) >= 11 is 1.34. The van der Waals surface area contributed by atoms with Crippen LogP contribution in [0.4, 0.5) is 5.69 Å². The maximum Gasteiger partial charge on any atom is 0.269 e. The van der Waals surface area contributed by atoms with E-state index >= 15 is 0 Å². The monoisotopic (exact) mass is 269 g/mol. The molecule has 0 fully saturated rings. The number of nitrogens with zero attached hydrogens (tertiary/aromatic N) is 1. The number of non-ortho nitro benzene ring substituents is 1. The zero-order valence-electron chi connectivity index (χ0n) is 9.80. The lowest BCUT2D eigenvalue weighted by Crippen LogP contribution is -2.27. The van der Waals surface area contributed by atoms with Crippen molar-refractivity contribution in [2.24, 2.45) is 5.73 Å². The minimum atomic E-state index is -0.450. The van der Waals surface area contributed by atoms with Crippen LogP contribution in [0.25, 0.3) is 0 Å². The van der Waals surface area contributed by atoms with Crippen molar-refractivity contribution < 1.29 is 9.72 Å². The van der Waals surface area contributed by atoms with Gasteiger partial charge in [0.1, 0.15) is 0 Å². The molecule has 0 aliphatic rings. The van der Waals surface area contributed by atoms with Gasteiger partial charge in [0.25, 0.3) is 5.69 Å². The van der Waals surface area contributed by atoms with Crippen molar-refractivity contribution in [2.75, 3.05) is 18.8 Å². The van der Waals surface area contributed by atoms with Crippen LogP contribution < -0.4 is 11.1 Å². The summed E-state index contributed by atoms with van der Waals surface area (Å²) in [7, 11) is 0. The van der Waals surface area contributed by atoms with E-state index in [1.807, 2.05) is 0 Å². The minimum absolute atomic E-state index is 0.0479. The number of rotatable bonds is 7. The Morgan fingerprint density at radius 3 is 2.61 bits per heavy atom. The molecule has 1 aromatic rings. The third kappa shape index (κ3) is 5.15. The molecule has 1 aromatic carbocycles. The van der Waals surface area contributed by atoms with Crippen LogP contribution in [0.1, 0.15) is 6.42 Å². The van der Waals surface area contributed by atoms with Crippen molar-refractivity contribution in [3.63, 3.8) is 0 Å². The maximum atomic E-state index is 11.4. The molecule has 0 aliphatic heterocycles. The molecule has 0 saturated heterocycles. The summed E-state index contributed by atoms with van der Waals surface area (Å²) in [5.41, 5.74) is 5.35. The van der Waals surface area contributed by atoms with E-state index in [2.05, 4.69) is 5.32 Å². The van der Waals surface area contributed by atoms with Gasteiger partial charge in [0, 0.05) is 23.6 Å². The number of nitrogens with two attached hydrogens (primary N) is 1. The normalized spacial score (nSPS) is 10.1. The third-order valence-corrected chi connectivity index (χ3v) is 3.13. The lowest BCUT2D eigenvalue weighted by Gasteiger charge is -2.04. The van der Waals surface area contributed by atoms with E-state index in [1.165, 1.54) is 23.9 Å². The molecule has 18 heavy (non-hydrogen) atoms. The van der Waals surface area contributed by atoms with Gasteiger partial charge in [-0.1, -0.05) is 0 Å². The second-order valence-corrected chi connectivity index (χ2v) is 4.58. The van der Waals surface area contributed by atoms with Gasteiger partial charge >= 0.3 is 0 Å². The fourth-order valence-corrected chi connectivity index (χ4v) is 1.92. The molecule has 0 aromatic heterocycles. The molecule has 0 unspecified atom stereocenters. The molecule has 0 atom stereocenters. The fraction of sp³-hybridized carbons (Fsp3) is 0.364. The highest BCUT2D eigenvalue weighted by molar-refractivity contribution is 8.00. The summed E-state index contributed by atoms with van der Waals surface area (Å²) in [4.78, 5) is 22.2. The number of nitrogens with one attached hydrogen (secondary N) is 1. The number of hydrogen-bond acceptors (Lipinski definition) is 5. The molecular weight excluding hydrogens is 254 g/mol. The number of nitro groups is 1. The number of benzene rings is 1. The Morgan fingerprint density at radius 2 is 2.06 bits per heavy atom. The average Bonchev–Trinajstić information content (AvgIpc) is 2.37. The first kappa shape index (κ1) is 14.5. The van der Waals surface area contributed by atoms with Crippen LogP contribution in [0.2, 0.25) is 0 Å². The molecule has 1 rings (SSSR count). The van der Waals surface area contributed by atoms with Crippen molar-refractivity contribution >= 4 is 23.4 Å². The van der Waals surface area contributed by atoms with E-state index in [9.17, 15) is 14.9 Å². The molecule has 1 amide bonds. The predicted octanol–water partition coefficient (Wildman–Crippen LogP) is 1.15. The van der Waals surface area contributed by atoms with Crippen LogP contribution >= 0.6 is 11.8 Å². The van der Waals surface area contributed by atoms with Gasteiger partial charge in [-0.05, 0) is 25.1 Å². The van der Waals surface area contributed by atoms with Crippen molar-refractivity contribution in [1.29, 1.82) is 0 Å². The Labute approximate surface area is 109 Å². The van der Waals surface area contributed by atoms with Gasteiger partial charge in [0.05, 0.1) is 10.7 Å². The number of carbonyl (C=O) groups excluding carboxylic acids is 1. The lowest BCUT2D eigenvalue weighted by molar-refractivity contribution is -0.384. The lowest BCUT2D eigenvalue weighted by atomic mass is 10.3. The quantitative estimate of drug-likeness (QED) is 0.335. The first-order chi connectivity index (χ1) is 8.63. The van der Waals surface area contributed by atoms with E-state index in [4.69, 9.17) is 5.73 Å². The van der Waals surface area contributed by atoms with Gasteiger partial charge in [-0.25, -0.2) is 0 Å². The summed E-state index contributed by atoms with van der Waals surface area (Å²) in [6.45, 7) is 1.13.